The first-order valence-electron chi connectivity index (χ1n) is 19.7. The van der Waals surface area contributed by atoms with Crippen molar-refractivity contribution in [2.75, 3.05) is 20.7 Å². The number of imidazole rings is 2. The molecule has 3 unspecified atom stereocenters. The molecule has 5 heterocycles. The topological polar surface area (TPSA) is 147 Å². The van der Waals surface area contributed by atoms with Crippen LogP contribution in [0.15, 0.2) is 85.3 Å². The van der Waals surface area contributed by atoms with Gasteiger partial charge in [0.25, 0.3) is 5.91 Å². The van der Waals surface area contributed by atoms with Crippen molar-refractivity contribution in [2.45, 2.75) is 70.1 Å². The highest BCUT2D eigenvalue weighted by Gasteiger charge is 2.55. The molecule has 0 radical (unpaired) electrons. The molecule has 3 aliphatic rings. The average Bonchev–Trinajstić information content (AvgIpc) is 3.74. The third kappa shape index (κ3) is 6.66. The number of rotatable bonds is 12. The number of nitrogens with one attached hydrogen (secondary N) is 5. The standard InChI is InChI=1S/C44H49N9O3/c1-24(2)39(51-44(55)56-5)43(54)53-38(20-31-23-52(31)53)42-48-22-37(50-42)29-10-6-26(7-11-29)32-14-15-33(40-34(32)16-17-46-40)27-8-12-28(13-9-27)36-21-47-41(49-36)25(3)18-30-19-35(30)45-4/h6-17,21-22,24-25,30-31,35,38-39,45-46H,18-20,23H2,1-5H3,(H,47,49)(H,48,50)(H,51,55)/t25-,30-,31-,35?,38-,39?,52?/m0/s1. The summed E-state index contributed by atoms with van der Waals surface area (Å²) in [5.41, 5.74) is 9.73. The molecule has 3 aromatic heterocycles. The first kappa shape index (κ1) is 35.9. The monoisotopic (exact) mass is 751 g/mol. The Morgan fingerprint density at radius 2 is 1.52 bits per heavy atom. The van der Waals surface area contributed by atoms with Gasteiger partial charge >= 0.3 is 6.09 Å². The maximum atomic E-state index is 13.8. The van der Waals surface area contributed by atoms with Gasteiger partial charge in [-0.3, -0.25) is 9.80 Å². The van der Waals surface area contributed by atoms with E-state index in [4.69, 9.17) is 14.7 Å². The number of hydrogen-bond acceptors (Lipinski definition) is 7. The number of amides is 2. The molecule has 3 fully saturated rings. The van der Waals surface area contributed by atoms with Gasteiger partial charge in [0.05, 0.1) is 36.4 Å². The van der Waals surface area contributed by atoms with E-state index in [-0.39, 0.29) is 17.9 Å². The van der Waals surface area contributed by atoms with E-state index >= 15 is 0 Å². The number of hydrazine groups is 1. The second kappa shape index (κ2) is 14.4. The van der Waals surface area contributed by atoms with Gasteiger partial charge in [-0.2, -0.15) is 0 Å². The van der Waals surface area contributed by atoms with Gasteiger partial charge in [0, 0.05) is 41.7 Å². The minimum atomic E-state index is -0.703. The van der Waals surface area contributed by atoms with Crippen LogP contribution in [0, 0.1) is 11.8 Å². The van der Waals surface area contributed by atoms with Crippen molar-refractivity contribution in [3.05, 3.63) is 97.0 Å². The maximum Gasteiger partial charge on any atom is 0.407 e. The zero-order valence-corrected chi connectivity index (χ0v) is 32.5. The third-order valence-electron chi connectivity index (χ3n) is 12.0. The lowest BCUT2D eigenvalue weighted by atomic mass is 9.95. The van der Waals surface area contributed by atoms with Gasteiger partial charge in [0.15, 0.2) is 0 Å². The normalized spacial score (nSPS) is 22.2. The Balaban J connectivity index is 0.899. The summed E-state index contributed by atoms with van der Waals surface area (Å²) in [5.74, 6) is 2.68. The number of methoxy groups -OCH3 is 1. The molecular weight excluding hydrogens is 703 g/mol. The van der Waals surface area contributed by atoms with E-state index in [0.717, 1.165) is 92.6 Å². The van der Waals surface area contributed by atoms with E-state index in [1.807, 2.05) is 39.5 Å². The maximum absolute atomic E-state index is 13.8. The van der Waals surface area contributed by atoms with Gasteiger partial charge in [0.2, 0.25) is 0 Å². The second-order valence-electron chi connectivity index (χ2n) is 16.0. The Labute approximate surface area is 326 Å². The van der Waals surface area contributed by atoms with E-state index < -0.39 is 12.1 Å². The first-order chi connectivity index (χ1) is 27.2. The summed E-state index contributed by atoms with van der Waals surface area (Å²) in [6.07, 6.45) is 8.38. The van der Waals surface area contributed by atoms with E-state index in [1.54, 1.807) is 5.01 Å². The molecule has 0 spiro atoms. The van der Waals surface area contributed by atoms with E-state index in [2.05, 4.69) is 104 Å². The second-order valence-corrected chi connectivity index (χ2v) is 16.0. The summed E-state index contributed by atoms with van der Waals surface area (Å²) < 4.78 is 4.80. The molecule has 0 bridgehead atoms. The molecule has 12 heteroatoms. The summed E-state index contributed by atoms with van der Waals surface area (Å²) in [7, 11) is 3.35. The lowest BCUT2D eigenvalue weighted by Crippen LogP contribution is -2.52. The number of ether oxygens (including phenoxy) is 1. The number of fused-ring (bicyclic) bond motifs is 2. The molecule has 9 rings (SSSR count). The van der Waals surface area contributed by atoms with Gasteiger partial charge < -0.3 is 30.3 Å². The van der Waals surface area contributed by atoms with Crippen molar-refractivity contribution in [3.8, 4) is 44.8 Å². The van der Waals surface area contributed by atoms with Crippen molar-refractivity contribution >= 4 is 22.9 Å². The molecule has 2 saturated heterocycles. The number of aromatic amines is 3. The van der Waals surface area contributed by atoms with Crippen LogP contribution in [0.1, 0.15) is 63.6 Å². The highest BCUT2D eigenvalue weighted by atomic mass is 16.5. The van der Waals surface area contributed by atoms with Crippen molar-refractivity contribution < 1.29 is 14.3 Å². The van der Waals surface area contributed by atoms with E-state index in [0.29, 0.717) is 18.0 Å². The summed E-state index contributed by atoms with van der Waals surface area (Å²) in [5, 5.41) is 11.1. The molecule has 56 heavy (non-hydrogen) atoms. The number of aromatic nitrogens is 5. The van der Waals surface area contributed by atoms with Crippen molar-refractivity contribution in [2.24, 2.45) is 11.8 Å². The van der Waals surface area contributed by atoms with Crippen molar-refractivity contribution in [3.63, 3.8) is 0 Å². The van der Waals surface area contributed by atoms with E-state index in [1.165, 1.54) is 13.5 Å². The lowest BCUT2D eigenvalue weighted by Gasteiger charge is -2.31. The summed E-state index contributed by atoms with van der Waals surface area (Å²) >= 11 is 0. The molecule has 7 atom stereocenters. The predicted octanol–water partition coefficient (Wildman–Crippen LogP) is 7.64. The fourth-order valence-electron chi connectivity index (χ4n) is 8.64. The van der Waals surface area contributed by atoms with Crippen LogP contribution in [-0.4, -0.2) is 85.8 Å². The number of alkyl carbamates (subject to hydrolysis) is 1. The Hall–Kier alpha value is -5.72. The molecule has 288 valence electrons. The average molecular weight is 752 g/mol. The number of nitrogens with zero attached hydrogens (tertiary/aromatic N) is 4. The Morgan fingerprint density at radius 3 is 2.20 bits per heavy atom. The zero-order valence-electron chi connectivity index (χ0n) is 32.5. The van der Waals surface area contributed by atoms with Crippen LogP contribution in [0.4, 0.5) is 4.79 Å². The summed E-state index contributed by atoms with van der Waals surface area (Å²) in [4.78, 5) is 45.9. The quantitative estimate of drug-likeness (QED) is 0.0808. The number of hydrogen-bond donors (Lipinski definition) is 5. The molecule has 2 aliphatic heterocycles. The van der Waals surface area contributed by atoms with Gasteiger partial charge in [-0.05, 0) is 72.0 Å². The fraction of sp³-hybridized carbons (Fsp3) is 0.364. The van der Waals surface area contributed by atoms with Crippen molar-refractivity contribution in [1.29, 1.82) is 0 Å². The molecule has 3 aromatic carbocycles. The van der Waals surface area contributed by atoms with Crippen LogP contribution < -0.4 is 10.6 Å². The minimum absolute atomic E-state index is 0.110. The highest BCUT2D eigenvalue weighted by molar-refractivity contribution is 6.03. The fourth-order valence-corrected chi connectivity index (χ4v) is 8.64. The van der Waals surface area contributed by atoms with Gasteiger partial charge in [0.1, 0.15) is 23.7 Å². The molecule has 1 saturated carbocycles. The smallest absolute Gasteiger partial charge is 0.407 e. The van der Waals surface area contributed by atoms with Crippen LogP contribution in [0.2, 0.25) is 0 Å². The Bertz CT molecular complexity index is 2380. The molecule has 2 amide bonds. The Morgan fingerprint density at radius 1 is 0.857 bits per heavy atom. The molecule has 5 N–H and O–H groups in total. The van der Waals surface area contributed by atoms with Gasteiger partial charge in [-0.1, -0.05) is 81.4 Å². The molecule has 1 aliphatic carbocycles. The van der Waals surface area contributed by atoms with Crippen LogP contribution >= 0.6 is 0 Å². The molecule has 12 nitrogen and oxygen atoms in total. The van der Waals surface area contributed by atoms with Crippen LogP contribution in [0.3, 0.4) is 0 Å². The number of carbonyl (C=O) groups excluding carboxylic acids is 2. The van der Waals surface area contributed by atoms with Gasteiger partial charge in [-0.25, -0.2) is 19.8 Å². The number of H-pyrrole nitrogens is 3. The summed E-state index contributed by atoms with van der Waals surface area (Å²) in [6, 6.07) is 23.8. The van der Waals surface area contributed by atoms with Gasteiger partial charge in [-0.15, -0.1) is 0 Å². The van der Waals surface area contributed by atoms with E-state index in [9.17, 15) is 9.59 Å². The largest absolute Gasteiger partial charge is 0.453 e. The van der Waals surface area contributed by atoms with Crippen LogP contribution in [0.25, 0.3) is 55.7 Å². The van der Waals surface area contributed by atoms with Crippen LogP contribution in [-0.2, 0) is 9.53 Å². The lowest BCUT2D eigenvalue weighted by molar-refractivity contribution is -0.145. The third-order valence-corrected chi connectivity index (χ3v) is 12.0. The molecule has 6 aromatic rings. The van der Waals surface area contributed by atoms with Crippen LogP contribution in [0.5, 0.6) is 0 Å². The first-order valence-corrected chi connectivity index (χ1v) is 19.7. The molecular formula is C44H49N9O3. The SMILES string of the molecule is CNC1C[C@@H]1C[C@H](C)c1ncc(-c2ccc(-c3ccc(-c4ccc(-c5cnc([C@@H]6C[C@H]7CN7N6C(=O)C(NC(=O)OC)C(C)C)[nH]5)cc4)c4cc[nH]c34)cc2)[nH]1. The number of carbonyl (C=O) groups is 2. The zero-order chi connectivity index (χ0) is 38.7. The summed E-state index contributed by atoms with van der Waals surface area (Å²) in [6.45, 7) is 6.92. The highest BCUT2D eigenvalue weighted by Crippen LogP contribution is 2.45. The van der Waals surface area contributed by atoms with Crippen molar-refractivity contribution in [1.82, 2.24) is 45.6 Å². The predicted molar refractivity (Wildman–Crippen MR) is 217 cm³/mol. The Kier molecular flexibility index (Phi) is 9.25. The minimum Gasteiger partial charge on any atom is -0.453 e. The number of benzene rings is 3.